The van der Waals surface area contributed by atoms with Gasteiger partial charge in [-0.25, -0.2) is 4.98 Å². The maximum absolute atomic E-state index is 5.62. The van der Waals surface area contributed by atoms with Gasteiger partial charge in [-0.2, -0.15) is 0 Å². The van der Waals surface area contributed by atoms with Crippen molar-refractivity contribution >= 4 is 0 Å². The van der Waals surface area contributed by atoms with Gasteiger partial charge in [0.2, 0.25) is 5.88 Å². The molecule has 0 aliphatic carbocycles. The summed E-state index contributed by atoms with van der Waals surface area (Å²) in [6.45, 7) is 3.39. The molecule has 1 unspecified atom stereocenters. The molecule has 1 N–H and O–H groups in total. The summed E-state index contributed by atoms with van der Waals surface area (Å²) in [6.07, 6.45) is 4.46. The second kappa shape index (κ2) is 5.77. The fourth-order valence-electron chi connectivity index (χ4n) is 1.80. The Morgan fingerprint density at radius 2 is 2.31 bits per heavy atom. The molecule has 1 aliphatic heterocycles. The van der Waals surface area contributed by atoms with Gasteiger partial charge in [0, 0.05) is 18.9 Å². The highest BCUT2D eigenvalue weighted by Gasteiger charge is 2.14. The van der Waals surface area contributed by atoms with E-state index in [9.17, 15) is 0 Å². The Bertz CT molecular complexity index is 327. The van der Waals surface area contributed by atoms with Crippen LogP contribution in [0.4, 0.5) is 0 Å². The molecule has 88 valence electrons. The van der Waals surface area contributed by atoms with E-state index >= 15 is 0 Å². The zero-order valence-corrected chi connectivity index (χ0v) is 9.48. The number of hydrogen-bond donors (Lipinski definition) is 1. The highest BCUT2D eigenvalue weighted by Crippen LogP contribution is 2.13. The highest BCUT2D eigenvalue weighted by molar-refractivity contribution is 5.15. The number of aromatic nitrogens is 2. The van der Waals surface area contributed by atoms with Crippen molar-refractivity contribution in [3.63, 3.8) is 0 Å². The van der Waals surface area contributed by atoms with E-state index in [-0.39, 0.29) is 0 Å². The van der Waals surface area contributed by atoms with E-state index in [1.165, 1.54) is 6.42 Å². The van der Waals surface area contributed by atoms with E-state index in [0.29, 0.717) is 18.4 Å². The van der Waals surface area contributed by atoms with Gasteiger partial charge in [0.05, 0.1) is 20.3 Å². The third-order valence-electron chi connectivity index (χ3n) is 2.68. The van der Waals surface area contributed by atoms with Crippen LogP contribution in [0.3, 0.4) is 0 Å². The molecule has 16 heavy (non-hydrogen) atoms. The summed E-state index contributed by atoms with van der Waals surface area (Å²) >= 11 is 0. The normalized spacial score (nSPS) is 19.9. The lowest BCUT2D eigenvalue weighted by atomic mass is 10.1. The van der Waals surface area contributed by atoms with E-state index < -0.39 is 0 Å². The minimum atomic E-state index is 0.466. The molecule has 1 aliphatic rings. The van der Waals surface area contributed by atoms with Crippen LogP contribution in [-0.2, 0) is 11.3 Å². The summed E-state index contributed by atoms with van der Waals surface area (Å²) in [5.41, 5.74) is 0.760. The standard InChI is InChI=1S/C11H17N3O2/c1-15-11-10(13-4-5-14-11)8-16-7-9-2-3-12-6-9/h4-5,9,12H,2-3,6-8H2,1H3. The fraction of sp³-hybridized carbons (Fsp3) is 0.636. The van der Waals surface area contributed by atoms with Gasteiger partial charge in [-0.15, -0.1) is 0 Å². The van der Waals surface area contributed by atoms with Crippen LogP contribution in [0.5, 0.6) is 5.88 Å². The summed E-state index contributed by atoms with van der Waals surface area (Å²) in [4.78, 5) is 8.26. The van der Waals surface area contributed by atoms with Crippen LogP contribution in [0.25, 0.3) is 0 Å². The van der Waals surface area contributed by atoms with Gasteiger partial charge in [0.1, 0.15) is 5.69 Å². The summed E-state index contributed by atoms with van der Waals surface area (Å²) in [5, 5.41) is 3.31. The third kappa shape index (κ3) is 2.90. The van der Waals surface area contributed by atoms with E-state index in [1.54, 1.807) is 19.5 Å². The number of nitrogens with one attached hydrogen (secondary N) is 1. The van der Waals surface area contributed by atoms with Crippen molar-refractivity contribution in [3.05, 3.63) is 18.1 Å². The zero-order valence-electron chi connectivity index (χ0n) is 9.48. The Kier molecular flexibility index (Phi) is 4.07. The molecule has 0 aromatic carbocycles. The Morgan fingerprint density at radius 3 is 3.06 bits per heavy atom. The molecule has 1 aromatic rings. The molecule has 0 radical (unpaired) electrons. The summed E-state index contributed by atoms with van der Waals surface area (Å²) in [5.74, 6) is 1.18. The maximum atomic E-state index is 5.62. The van der Waals surface area contributed by atoms with Gasteiger partial charge in [-0.1, -0.05) is 0 Å². The molecule has 0 spiro atoms. The first-order valence-electron chi connectivity index (χ1n) is 5.52. The van der Waals surface area contributed by atoms with Crippen LogP contribution in [-0.4, -0.2) is 36.8 Å². The van der Waals surface area contributed by atoms with Gasteiger partial charge in [-0.3, -0.25) is 4.98 Å². The van der Waals surface area contributed by atoms with Crippen molar-refractivity contribution in [1.82, 2.24) is 15.3 Å². The molecule has 2 heterocycles. The Balaban J connectivity index is 1.79. The average molecular weight is 223 g/mol. The Labute approximate surface area is 95.2 Å². The minimum Gasteiger partial charge on any atom is -0.480 e. The smallest absolute Gasteiger partial charge is 0.237 e. The Hall–Kier alpha value is -1.20. The molecule has 1 aromatic heterocycles. The van der Waals surface area contributed by atoms with E-state index in [1.807, 2.05) is 0 Å². The van der Waals surface area contributed by atoms with Gasteiger partial charge < -0.3 is 14.8 Å². The first kappa shape index (κ1) is 11.3. The predicted octanol–water partition coefficient (Wildman–Crippen LogP) is 0.611. The molecule has 5 heteroatoms. The lowest BCUT2D eigenvalue weighted by molar-refractivity contribution is 0.0882. The Morgan fingerprint density at radius 1 is 1.44 bits per heavy atom. The van der Waals surface area contributed by atoms with Crippen LogP contribution in [0.1, 0.15) is 12.1 Å². The second-order valence-corrected chi connectivity index (χ2v) is 3.89. The van der Waals surface area contributed by atoms with Crippen molar-refractivity contribution in [2.75, 3.05) is 26.8 Å². The van der Waals surface area contributed by atoms with Crippen LogP contribution < -0.4 is 10.1 Å². The van der Waals surface area contributed by atoms with E-state index in [4.69, 9.17) is 9.47 Å². The van der Waals surface area contributed by atoms with Crippen molar-refractivity contribution in [3.8, 4) is 5.88 Å². The lowest BCUT2D eigenvalue weighted by Gasteiger charge is -2.10. The van der Waals surface area contributed by atoms with Crippen LogP contribution in [0, 0.1) is 5.92 Å². The quantitative estimate of drug-likeness (QED) is 0.792. The highest BCUT2D eigenvalue weighted by atomic mass is 16.5. The second-order valence-electron chi connectivity index (χ2n) is 3.89. The first-order chi connectivity index (χ1) is 7.90. The SMILES string of the molecule is COc1nccnc1COCC1CCNC1. The molecule has 2 rings (SSSR count). The predicted molar refractivity (Wildman–Crippen MR) is 59.2 cm³/mol. The monoisotopic (exact) mass is 223 g/mol. The molecule has 0 bridgehead atoms. The largest absolute Gasteiger partial charge is 0.480 e. The van der Waals surface area contributed by atoms with Gasteiger partial charge in [-0.05, 0) is 18.9 Å². The molecular formula is C11H17N3O2. The molecule has 5 nitrogen and oxygen atoms in total. The van der Waals surface area contributed by atoms with Crippen molar-refractivity contribution in [2.24, 2.45) is 5.92 Å². The fourth-order valence-corrected chi connectivity index (χ4v) is 1.80. The summed E-state index contributed by atoms with van der Waals surface area (Å²) in [6, 6.07) is 0. The first-order valence-corrected chi connectivity index (χ1v) is 5.52. The minimum absolute atomic E-state index is 0.466. The van der Waals surface area contributed by atoms with Crippen molar-refractivity contribution < 1.29 is 9.47 Å². The number of rotatable bonds is 5. The zero-order chi connectivity index (χ0) is 11.2. The summed E-state index contributed by atoms with van der Waals surface area (Å²) < 4.78 is 10.7. The lowest BCUT2D eigenvalue weighted by Crippen LogP contribution is -2.14. The van der Waals surface area contributed by atoms with Crippen molar-refractivity contribution in [1.29, 1.82) is 0 Å². The topological polar surface area (TPSA) is 56.3 Å². The number of hydrogen-bond acceptors (Lipinski definition) is 5. The maximum Gasteiger partial charge on any atom is 0.237 e. The van der Waals surface area contributed by atoms with E-state index in [2.05, 4.69) is 15.3 Å². The average Bonchev–Trinajstić information content (AvgIpc) is 2.83. The summed E-state index contributed by atoms with van der Waals surface area (Å²) in [7, 11) is 1.59. The number of methoxy groups -OCH3 is 1. The molecule has 1 atom stereocenters. The van der Waals surface area contributed by atoms with Gasteiger partial charge in [0.15, 0.2) is 0 Å². The van der Waals surface area contributed by atoms with Crippen LogP contribution in [0.2, 0.25) is 0 Å². The molecule has 1 saturated heterocycles. The number of ether oxygens (including phenoxy) is 2. The molecular weight excluding hydrogens is 206 g/mol. The molecule has 0 amide bonds. The van der Waals surface area contributed by atoms with Gasteiger partial charge >= 0.3 is 0 Å². The van der Waals surface area contributed by atoms with Gasteiger partial charge in [0.25, 0.3) is 0 Å². The third-order valence-corrected chi connectivity index (χ3v) is 2.68. The molecule has 0 saturated carbocycles. The number of nitrogens with zero attached hydrogens (tertiary/aromatic N) is 2. The van der Waals surface area contributed by atoms with E-state index in [0.717, 1.165) is 25.4 Å². The molecule has 1 fully saturated rings. The van der Waals surface area contributed by atoms with Crippen molar-refractivity contribution in [2.45, 2.75) is 13.0 Å². The van der Waals surface area contributed by atoms with Crippen LogP contribution >= 0.6 is 0 Å². The van der Waals surface area contributed by atoms with Crippen LogP contribution in [0.15, 0.2) is 12.4 Å².